The number of aliphatic hydroxyl groups excluding tert-OH is 1. The van der Waals surface area contributed by atoms with E-state index < -0.39 is 0 Å². The largest absolute Gasteiger partial charge is 0.396 e. The van der Waals surface area contributed by atoms with Gasteiger partial charge in [0.2, 0.25) is 0 Å². The third kappa shape index (κ3) is 3.63. The van der Waals surface area contributed by atoms with Crippen LogP contribution in [0.5, 0.6) is 0 Å². The Hall–Kier alpha value is -1.75. The van der Waals surface area contributed by atoms with Gasteiger partial charge >= 0.3 is 6.03 Å². The molecule has 0 bridgehead atoms. The number of anilines is 2. The second-order valence-corrected chi connectivity index (χ2v) is 5.38. The standard InChI is InChI=1S/C15H23N3O2/c1-11(7-9-19)16-15(20)17-13-5-6-14-12(10-13)4-3-8-18(14)2/h5-6,10-11,19H,3-4,7-9H2,1-2H3,(H2,16,17,20)/t11-/m1/s1. The first-order chi connectivity index (χ1) is 9.60. The van der Waals surface area contributed by atoms with Crippen molar-refractivity contribution in [3.05, 3.63) is 23.8 Å². The van der Waals surface area contributed by atoms with E-state index in [1.54, 1.807) is 0 Å². The van der Waals surface area contributed by atoms with Crippen LogP contribution in [0.15, 0.2) is 18.2 Å². The van der Waals surface area contributed by atoms with E-state index in [2.05, 4.69) is 28.6 Å². The number of amides is 2. The van der Waals surface area contributed by atoms with E-state index >= 15 is 0 Å². The zero-order valence-electron chi connectivity index (χ0n) is 12.1. The van der Waals surface area contributed by atoms with E-state index in [1.807, 2.05) is 19.1 Å². The summed E-state index contributed by atoms with van der Waals surface area (Å²) >= 11 is 0. The summed E-state index contributed by atoms with van der Waals surface area (Å²) in [4.78, 5) is 14.1. The molecule has 1 aliphatic rings. The van der Waals surface area contributed by atoms with Crippen LogP contribution in [0.3, 0.4) is 0 Å². The molecule has 2 amide bonds. The third-order valence-corrected chi connectivity index (χ3v) is 3.63. The molecule has 0 saturated carbocycles. The predicted molar refractivity (Wildman–Crippen MR) is 81.4 cm³/mol. The maximum Gasteiger partial charge on any atom is 0.319 e. The highest BCUT2D eigenvalue weighted by Gasteiger charge is 2.14. The Labute approximate surface area is 120 Å². The molecule has 0 saturated heterocycles. The van der Waals surface area contributed by atoms with Crippen molar-refractivity contribution in [3.63, 3.8) is 0 Å². The number of fused-ring (bicyclic) bond motifs is 1. The highest BCUT2D eigenvalue weighted by atomic mass is 16.3. The highest BCUT2D eigenvalue weighted by Crippen LogP contribution is 2.28. The van der Waals surface area contributed by atoms with Crippen LogP contribution in [-0.2, 0) is 6.42 Å². The van der Waals surface area contributed by atoms with Crippen molar-refractivity contribution in [1.82, 2.24) is 5.32 Å². The topological polar surface area (TPSA) is 64.6 Å². The zero-order valence-corrected chi connectivity index (χ0v) is 12.1. The molecule has 0 fully saturated rings. The minimum absolute atomic E-state index is 0.0382. The summed E-state index contributed by atoms with van der Waals surface area (Å²) < 4.78 is 0. The van der Waals surface area contributed by atoms with Crippen LogP contribution in [0.4, 0.5) is 16.2 Å². The lowest BCUT2D eigenvalue weighted by Crippen LogP contribution is -2.36. The van der Waals surface area contributed by atoms with E-state index in [-0.39, 0.29) is 18.7 Å². The average Bonchev–Trinajstić information content (AvgIpc) is 2.38. The van der Waals surface area contributed by atoms with Crippen LogP contribution in [-0.4, -0.2) is 37.4 Å². The molecule has 2 rings (SSSR count). The molecule has 1 aromatic rings. The molecule has 1 heterocycles. The molecule has 5 heteroatoms. The van der Waals surface area contributed by atoms with Gasteiger partial charge in [0.05, 0.1) is 0 Å². The lowest BCUT2D eigenvalue weighted by molar-refractivity contribution is 0.241. The Morgan fingerprint density at radius 2 is 2.30 bits per heavy atom. The van der Waals surface area contributed by atoms with Gasteiger partial charge < -0.3 is 20.6 Å². The Morgan fingerprint density at radius 1 is 1.50 bits per heavy atom. The van der Waals surface area contributed by atoms with Crippen LogP contribution in [0.2, 0.25) is 0 Å². The predicted octanol–water partition coefficient (Wildman–Crippen LogP) is 1.96. The van der Waals surface area contributed by atoms with Crippen LogP contribution in [0.25, 0.3) is 0 Å². The van der Waals surface area contributed by atoms with Crippen molar-refractivity contribution in [2.24, 2.45) is 0 Å². The molecule has 20 heavy (non-hydrogen) atoms. The number of aryl methyl sites for hydroxylation is 1. The fraction of sp³-hybridized carbons (Fsp3) is 0.533. The number of carbonyl (C=O) groups excluding carboxylic acids is 1. The van der Waals surface area contributed by atoms with Gasteiger partial charge in [-0.3, -0.25) is 0 Å². The summed E-state index contributed by atoms with van der Waals surface area (Å²) in [5.74, 6) is 0. The van der Waals surface area contributed by atoms with Crippen LogP contribution >= 0.6 is 0 Å². The van der Waals surface area contributed by atoms with Crippen molar-refractivity contribution in [2.75, 3.05) is 30.4 Å². The third-order valence-electron chi connectivity index (χ3n) is 3.63. The molecule has 110 valence electrons. The minimum Gasteiger partial charge on any atom is -0.396 e. The van der Waals surface area contributed by atoms with Crippen molar-refractivity contribution in [3.8, 4) is 0 Å². The van der Waals surface area contributed by atoms with Gasteiger partial charge in [0.1, 0.15) is 0 Å². The molecule has 0 radical (unpaired) electrons. The Morgan fingerprint density at radius 3 is 3.05 bits per heavy atom. The number of benzene rings is 1. The zero-order chi connectivity index (χ0) is 14.5. The molecule has 0 aliphatic carbocycles. The van der Waals surface area contributed by atoms with E-state index in [0.29, 0.717) is 6.42 Å². The Bertz CT molecular complexity index is 476. The second-order valence-electron chi connectivity index (χ2n) is 5.38. The van der Waals surface area contributed by atoms with Crippen LogP contribution in [0, 0.1) is 0 Å². The van der Waals surface area contributed by atoms with Gasteiger partial charge in [-0.1, -0.05) is 0 Å². The number of carbonyl (C=O) groups is 1. The smallest absolute Gasteiger partial charge is 0.319 e. The number of aliphatic hydroxyl groups is 1. The van der Waals surface area contributed by atoms with Crippen LogP contribution < -0.4 is 15.5 Å². The summed E-state index contributed by atoms with van der Waals surface area (Å²) in [5.41, 5.74) is 3.34. The summed E-state index contributed by atoms with van der Waals surface area (Å²) in [6.45, 7) is 3.03. The van der Waals surface area contributed by atoms with Gasteiger partial charge in [0.25, 0.3) is 0 Å². The van der Waals surface area contributed by atoms with Gasteiger partial charge in [-0.25, -0.2) is 4.79 Å². The monoisotopic (exact) mass is 277 g/mol. The van der Waals surface area contributed by atoms with E-state index in [9.17, 15) is 4.79 Å². The Kier molecular flexibility index (Phi) is 4.84. The maximum absolute atomic E-state index is 11.8. The van der Waals surface area contributed by atoms with Crippen molar-refractivity contribution in [2.45, 2.75) is 32.2 Å². The molecule has 0 unspecified atom stereocenters. The molecule has 3 N–H and O–H groups in total. The van der Waals surface area contributed by atoms with Crippen molar-refractivity contribution >= 4 is 17.4 Å². The van der Waals surface area contributed by atoms with Crippen molar-refractivity contribution < 1.29 is 9.90 Å². The van der Waals surface area contributed by atoms with Gasteiger partial charge in [0, 0.05) is 37.6 Å². The minimum atomic E-state index is -0.227. The molecular weight excluding hydrogens is 254 g/mol. The SMILES string of the molecule is C[C@H](CCO)NC(=O)Nc1ccc2c(c1)CCCN2C. The van der Waals surface area contributed by atoms with Gasteiger partial charge in [-0.15, -0.1) is 0 Å². The molecule has 0 aromatic heterocycles. The number of rotatable bonds is 4. The fourth-order valence-corrected chi connectivity index (χ4v) is 2.52. The number of urea groups is 1. The lowest BCUT2D eigenvalue weighted by Gasteiger charge is -2.27. The molecule has 1 aromatic carbocycles. The number of hydrogen-bond donors (Lipinski definition) is 3. The average molecular weight is 277 g/mol. The number of hydrogen-bond acceptors (Lipinski definition) is 3. The van der Waals surface area contributed by atoms with E-state index in [1.165, 1.54) is 11.3 Å². The first-order valence-electron chi connectivity index (χ1n) is 7.12. The quantitative estimate of drug-likeness (QED) is 0.788. The lowest BCUT2D eigenvalue weighted by atomic mass is 10.0. The first-order valence-corrected chi connectivity index (χ1v) is 7.12. The second kappa shape index (κ2) is 6.61. The van der Waals surface area contributed by atoms with E-state index in [4.69, 9.17) is 5.11 Å². The number of nitrogens with zero attached hydrogens (tertiary/aromatic N) is 1. The Balaban J connectivity index is 1.98. The summed E-state index contributed by atoms with van der Waals surface area (Å²) in [5, 5.41) is 14.5. The summed E-state index contributed by atoms with van der Waals surface area (Å²) in [6, 6.07) is 5.76. The summed E-state index contributed by atoms with van der Waals surface area (Å²) in [6.07, 6.45) is 2.76. The normalized spacial score (nSPS) is 15.4. The van der Waals surface area contributed by atoms with Gasteiger partial charge in [0.15, 0.2) is 0 Å². The van der Waals surface area contributed by atoms with Crippen molar-refractivity contribution in [1.29, 1.82) is 0 Å². The highest BCUT2D eigenvalue weighted by molar-refractivity contribution is 5.89. The molecule has 5 nitrogen and oxygen atoms in total. The fourth-order valence-electron chi connectivity index (χ4n) is 2.52. The molecule has 1 atom stereocenters. The van der Waals surface area contributed by atoms with Gasteiger partial charge in [-0.05, 0) is 49.9 Å². The van der Waals surface area contributed by atoms with E-state index in [0.717, 1.165) is 25.1 Å². The van der Waals surface area contributed by atoms with Gasteiger partial charge in [-0.2, -0.15) is 0 Å². The molecular formula is C15H23N3O2. The molecule has 0 spiro atoms. The number of nitrogens with one attached hydrogen (secondary N) is 2. The first kappa shape index (κ1) is 14.7. The summed E-state index contributed by atoms with van der Waals surface area (Å²) in [7, 11) is 2.09. The molecule has 1 aliphatic heterocycles. The van der Waals surface area contributed by atoms with Crippen LogP contribution in [0.1, 0.15) is 25.3 Å². The maximum atomic E-state index is 11.8.